The first-order valence-electron chi connectivity index (χ1n) is 10.5. The van der Waals surface area contributed by atoms with Crippen LogP contribution >= 0.6 is 24.0 Å². The lowest BCUT2D eigenvalue weighted by Gasteiger charge is -2.14. The summed E-state index contributed by atoms with van der Waals surface area (Å²) in [6.45, 7) is 6.55. The number of imidazole rings is 1. The van der Waals surface area contributed by atoms with Crippen LogP contribution in [0.1, 0.15) is 25.0 Å². The van der Waals surface area contributed by atoms with Crippen LogP contribution in [-0.4, -0.2) is 47.3 Å². The molecule has 0 aliphatic rings. The Morgan fingerprint density at radius 3 is 2.47 bits per heavy atom. The van der Waals surface area contributed by atoms with E-state index in [1.807, 2.05) is 55.1 Å². The van der Waals surface area contributed by atoms with Crippen molar-refractivity contribution in [2.24, 2.45) is 4.99 Å². The number of benzene rings is 1. The monoisotopic (exact) mass is 550 g/mol. The van der Waals surface area contributed by atoms with Crippen molar-refractivity contribution in [2.75, 3.05) is 26.8 Å². The molecule has 32 heavy (non-hydrogen) atoms. The van der Waals surface area contributed by atoms with Gasteiger partial charge < -0.3 is 20.1 Å². The van der Waals surface area contributed by atoms with Crippen LogP contribution in [0.25, 0.3) is 5.82 Å². The van der Waals surface area contributed by atoms with Gasteiger partial charge in [-0.2, -0.15) is 0 Å². The fourth-order valence-electron chi connectivity index (χ4n) is 3.05. The van der Waals surface area contributed by atoms with E-state index in [0.29, 0.717) is 19.8 Å². The third-order valence-electron chi connectivity index (χ3n) is 4.58. The number of guanidine groups is 1. The highest BCUT2D eigenvalue weighted by Crippen LogP contribution is 2.28. The Hall–Kier alpha value is -2.82. The van der Waals surface area contributed by atoms with Crippen LogP contribution in [0.2, 0.25) is 0 Å². The van der Waals surface area contributed by atoms with Gasteiger partial charge >= 0.3 is 0 Å². The second kappa shape index (κ2) is 13.6. The summed E-state index contributed by atoms with van der Waals surface area (Å²) in [6.07, 6.45) is 8.03. The Labute approximate surface area is 206 Å². The van der Waals surface area contributed by atoms with Crippen LogP contribution in [-0.2, 0) is 13.0 Å². The van der Waals surface area contributed by atoms with Gasteiger partial charge in [0.15, 0.2) is 17.5 Å². The third-order valence-corrected chi connectivity index (χ3v) is 4.58. The van der Waals surface area contributed by atoms with Gasteiger partial charge in [0, 0.05) is 38.7 Å². The molecule has 0 saturated heterocycles. The zero-order chi connectivity index (χ0) is 21.9. The second-order valence-corrected chi connectivity index (χ2v) is 6.74. The van der Waals surface area contributed by atoms with Crippen molar-refractivity contribution in [3.05, 3.63) is 66.4 Å². The fourth-order valence-corrected chi connectivity index (χ4v) is 3.05. The number of rotatable bonds is 10. The highest BCUT2D eigenvalue weighted by atomic mass is 127. The topological polar surface area (TPSA) is 85.6 Å². The summed E-state index contributed by atoms with van der Waals surface area (Å²) in [4.78, 5) is 12.8. The number of hydrogen-bond acceptors (Lipinski definition) is 5. The second-order valence-electron chi connectivity index (χ2n) is 6.74. The van der Waals surface area contributed by atoms with E-state index in [2.05, 4.69) is 31.7 Å². The summed E-state index contributed by atoms with van der Waals surface area (Å²) in [7, 11) is 1.76. The summed E-state index contributed by atoms with van der Waals surface area (Å²) in [5.74, 6) is 3.15. The zero-order valence-electron chi connectivity index (χ0n) is 18.7. The molecular formula is C23H31IN6O2. The molecule has 9 heteroatoms. The van der Waals surface area contributed by atoms with E-state index in [1.165, 1.54) is 5.56 Å². The molecular weight excluding hydrogens is 519 g/mol. The highest BCUT2D eigenvalue weighted by molar-refractivity contribution is 14.0. The molecule has 2 heterocycles. The lowest BCUT2D eigenvalue weighted by molar-refractivity contribution is 0.287. The number of hydrogen-bond donors (Lipinski definition) is 2. The molecule has 2 N–H and O–H groups in total. The van der Waals surface area contributed by atoms with Crippen LogP contribution in [0.5, 0.6) is 11.5 Å². The Bertz CT molecular complexity index is 961. The smallest absolute Gasteiger partial charge is 0.191 e. The first kappa shape index (κ1) is 25.4. The Morgan fingerprint density at radius 2 is 1.81 bits per heavy atom. The highest BCUT2D eigenvalue weighted by Gasteiger charge is 2.07. The maximum atomic E-state index is 5.71. The van der Waals surface area contributed by atoms with Gasteiger partial charge in [-0.3, -0.25) is 9.56 Å². The maximum Gasteiger partial charge on any atom is 0.191 e. The van der Waals surface area contributed by atoms with Gasteiger partial charge in [-0.25, -0.2) is 9.97 Å². The van der Waals surface area contributed by atoms with Crippen molar-refractivity contribution in [3.8, 4) is 17.3 Å². The molecule has 1 aromatic carbocycles. The fraction of sp³-hybridized carbons (Fsp3) is 0.348. The van der Waals surface area contributed by atoms with Crippen molar-refractivity contribution in [1.82, 2.24) is 25.2 Å². The molecule has 0 bridgehead atoms. The van der Waals surface area contributed by atoms with Crippen LogP contribution < -0.4 is 20.1 Å². The van der Waals surface area contributed by atoms with E-state index >= 15 is 0 Å². The standard InChI is InChI=1S/C23H30N6O2.HI/c1-4-30-20-8-6-18(14-21(20)31-5-2)10-11-26-23(24-3)28-16-19-7-9-22(27-15-19)29-13-12-25-17-29;/h6-9,12-15,17H,4-5,10-11,16H2,1-3H3,(H2,24,26,28);1H. The van der Waals surface area contributed by atoms with Crippen molar-refractivity contribution in [2.45, 2.75) is 26.8 Å². The number of pyridine rings is 1. The normalized spacial score (nSPS) is 10.9. The molecule has 0 aliphatic carbocycles. The van der Waals surface area contributed by atoms with Gasteiger partial charge in [-0.15, -0.1) is 24.0 Å². The molecule has 0 aliphatic heterocycles. The Balaban J connectivity index is 0.00000363. The van der Waals surface area contributed by atoms with E-state index in [1.54, 1.807) is 19.6 Å². The molecule has 172 valence electrons. The molecule has 0 fully saturated rings. The van der Waals surface area contributed by atoms with Crippen molar-refractivity contribution >= 4 is 29.9 Å². The summed E-state index contributed by atoms with van der Waals surface area (Å²) in [6, 6.07) is 10.1. The molecule has 0 unspecified atom stereocenters. The first-order chi connectivity index (χ1) is 15.2. The SMILES string of the molecule is CCOc1ccc(CCNC(=NC)NCc2ccc(-n3ccnc3)nc2)cc1OCC.I. The van der Waals surface area contributed by atoms with E-state index in [-0.39, 0.29) is 24.0 Å². The van der Waals surface area contributed by atoms with E-state index in [4.69, 9.17) is 9.47 Å². The lowest BCUT2D eigenvalue weighted by Crippen LogP contribution is -2.37. The number of nitrogens with zero attached hydrogens (tertiary/aromatic N) is 4. The summed E-state index contributed by atoms with van der Waals surface area (Å²) >= 11 is 0. The average molecular weight is 550 g/mol. The number of aliphatic imine (C=N–C) groups is 1. The van der Waals surface area contributed by atoms with E-state index < -0.39 is 0 Å². The molecule has 0 atom stereocenters. The van der Waals surface area contributed by atoms with Crippen molar-refractivity contribution < 1.29 is 9.47 Å². The lowest BCUT2D eigenvalue weighted by atomic mass is 10.1. The third kappa shape index (κ3) is 7.40. The Kier molecular flexibility index (Phi) is 10.8. The zero-order valence-corrected chi connectivity index (χ0v) is 21.1. The van der Waals surface area contributed by atoms with Gasteiger partial charge in [-0.05, 0) is 49.6 Å². The van der Waals surface area contributed by atoms with E-state index in [9.17, 15) is 0 Å². The van der Waals surface area contributed by atoms with E-state index in [0.717, 1.165) is 41.8 Å². The molecule has 0 amide bonds. The molecule has 0 spiro atoms. The summed E-state index contributed by atoms with van der Waals surface area (Å²) in [5, 5.41) is 6.67. The molecule has 0 saturated carbocycles. The number of aromatic nitrogens is 3. The maximum absolute atomic E-state index is 5.71. The van der Waals surface area contributed by atoms with Gasteiger partial charge in [0.2, 0.25) is 0 Å². The molecule has 0 radical (unpaired) electrons. The average Bonchev–Trinajstić information content (AvgIpc) is 3.33. The van der Waals surface area contributed by atoms with Crippen LogP contribution in [0, 0.1) is 0 Å². The van der Waals surface area contributed by atoms with Crippen molar-refractivity contribution in [3.63, 3.8) is 0 Å². The van der Waals surface area contributed by atoms with Crippen molar-refractivity contribution in [1.29, 1.82) is 0 Å². The number of halogens is 1. The summed E-state index contributed by atoms with van der Waals surface area (Å²) < 4.78 is 13.2. The minimum absolute atomic E-state index is 0. The van der Waals surface area contributed by atoms with Crippen LogP contribution in [0.4, 0.5) is 0 Å². The van der Waals surface area contributed by atoms with Gasteiger partial charge in [0.1, 0.15) is 12.1 Å². The molecule has 3 aromatic rings. The molecule has 2 aromatic heterocycles. The number of ether oxygens (including phenoxy) is 2. The first-order valence-corrected chi connectivity index (χ1v) is 10.5. The minimum atomic E-state index is 0. The predicted octanol–water partition coefficient (Wildman–Crippen LogP) is 3.59. The van der Waals surface area contributed by atoms with Gasteiger partial charge in [0.25, 0.3) is 0 Å². The molecule has 3 rings (SSSR count). The van der Waals surface area contributed by atoms with Crippen LogP contribution in [0.3, 0.4) is 0 Å². The Morgan fingerprint density at radius 1 is 1.03 bits per heavy atom. The minimum Gasteiger partial charge on any atom is -0.490 e. The van der Waals surface area contributed by atoms with Crippen LogP contribution in [0.15, 0.2) is 60.2 Å². The quantitative estimate of drug-likeness (QED) is 0.228. The largest absolute Gasteiger partial charge is 0.490 e. The van der Waals surface area contributed by atoms with Gasteiger partial charge in [-0.1, -0.05) is 12.1 Å². The predicted molar refractivity (Wildman–Crippen MR) is 137 cm³/mol. The number of nitrogens with one attached hydrogen (secondary N) is 2. The molecule has 8 nitrogen and oxygen atoms in total. The van der Waals surface area contributed by atoms with Gasteiger partial charge in [0.05, 0.1) is 13.2 Å². The summed E-state index contributed by atoms with van der Waals surface area (Å²) in [5.41, 5.74) is 2.24.